The van der Waals surface area contributed by atoms with Gasteiger partial charge in [-0.25, -0.2) is 8.42 Å². The minimum Gasteiger partial charge on any atom is -0.363 e. The molecule has 0 aliphatic carbocycles. The zero-order valence-corrected chi connectivity index (χ0v) is 17.8. The van der Waals surface area contributed by atoms with E-state index in [0.29, 0.717) is 18.8 Å². The fourth-order valence-electron chi connectivity index (χ4n) is 3.76. The van der Waals surface area contributed by atoms with E-state index in [9.17, 15) is 8.42 Å². The van der Waals surface area contributed by atoms with E-state index in [4.69, 9.17) is 11.6 Å². The molecule has 1 heterocycles. The molecule has 0 spiro atoms. The molecule has 1 unspecified atom stereocenters. The van der Waals surface area contributed by atoms with Gasteiger partial charge in [-0.3, -0.25) is 4.31 Å². The van der Waals surface area contributed by atoms with Crippen LogP contribution in [0.3, 0.4) is 0 Å². The Hall–Kier alpha value is -2.50. The summed E-state index contributed by atoms with van der Waals surface area (Å²) in [5.41, 5.74) is 3.76. The third-order valence-corrected chi connectivity index (χ3v) is 7.43. The first-order valence-electron chi connectivity index (χ1n) is 9.55. The Balaban J connectivity index is 1.78. The number of para-hydroxylation sites is 2. The lowest BCUT2D eigenvalue weighted by Crippen LogP contribution is -2.52. The minimum atomic E-state index is -3.73. The Kier molecular flexibility index (Phi) is 5.52. The van der Waals surface area contributed by atoms with Crippen LogP contribution in [0.4, 0.5) is 11.4 Å². The molecule has 3 aromatic carbocycles. The van der Waals surface area contributed by atoms with Crippen molar-refractivity contribution in [2.75, 3.05) is 21.6 Å². The molecule has 0 radical (unpaired) electrons. The molecule has 1 aliphatic heterocycles. The number of nitrogens with zero attached hydrogens (tertiary/aromatic N) is 2. The lowest BCUT2D eigenvalue weighted by atomic mass is 10.1. The van der Waals surface area contributed by atoms with E-state index in [2.05, 4.69) is 17.0 Å². The molecule has 6 heteroatoms. The van der Waals surface area contributed by atoms with Crippen molar-refractivity contribution in [1.82, 2.24) is 0 Å². The van der Waals surface area contributed by atoms with Crippen molar-refractivity contribution in [2.24, 2.45) is 0 Å². The van der Waals surface area contributed by atoms with Gasteiger partial charge in [0.1, 0.15) is 0 Å². The first kappa shape index (κ1) is 19.8. The number of alkyl halides is 1. The number of hydrogen-bond donors (Lipinski definition) is 0. The molecule has 0 aromatic heterocycles. The average Bonchev–Trinajstić information content (AvgIpc) is 2.74. The SMILES string of the molecule is Cc1ccc(S(=O)(=O)N2c3ccccc3N(Cc3ccccc3)CC2CCl)cc1. The fraction of sp³-hybridized carbons (Fsp3) is 0.217. The number of rotatable bonds is 5. The summed E-state index contributed by atoms with van der Waals surface area (Å²) in [5, 5.41) is 0. The second-order valence-corrected chi connectivity index (χ2v) is 9.40. The van der Waals surface area contributed by atoms with Gasteiger partial charge in [0.05, 0.1) is 22.3 Å². The van der Waals surface area contributed by atoms with Gasteiger partial charge in [0.2, 0.25) is 0 Å². The molecule has 29 heavy (non-hydrogen) atoms. The molecule has 0 saturated heterocycles. The summed E-state index contributed by atoms with van der Waals surface area (Å²) < 4.78 is 28.6. The summed E-state index contributed by atoms with van der Waals surface area (Å²) >= 11 is 6.30. The van der Waals surface area contributed by atoms with E-state index in [0.717, 1.165) is 11.3 Å². The molecule has 0 saturated carbocycles. The molecular formula is C23H23ClN2O2S. The summed E-state index contributed by atoms with van der Waals surface area (Å²) in [4.78, 5) is 2.49. The van der Waals surface area contributed by atoms with Gasteiger partial charge in [-0.15, -0.1) is 11.6 Å². The van der Waals surface area contributed by atoms with E-state index in [1.807, 2.05) is 61.5 Å². The summed E-state index contributed by atoms with van der Waals surface area (Å²) in [6, 6.07) is 24.4. The normalized spacial score (nSPS) is 16.6. The summed E-state index contributed by atoms with van der Waals surface area (Å²) in [6.45, 7) is 3.17. The zero-order chi connectivity index (χ0) is 20.4. The quantitative estimate of drug-likeness (QED) is 0.549. The summed E-state index contributed by atoms with van der Waals surface area (Å²) in [5.74, 6) is 0.213. The Morgan fingerprint density at radius 1 is 0.897 bits per heavy atom. The molecule has 150 valence electrons. The van der Waals surface area contributed by atoms with E-state index in [1.165, 1.54) is 9.87 Å². The van der Waals surface area contributed by atoms with Crippen LogP contribution < -0.4 is 9.21 Å². The maximum Gasteiger partial charge on any atom is 0.264 e. The molecule has 4 nitrogen and oxygen atoms in total. The molecule has 4 rings (SSSR count). The maximum absolute atomic E-state index is 13.5. The Bertz CT molecular complexity index is 1090. The van der Waals surface area contributed by atoms with Gasteiger partial charge in [0.15, 0.2) is 0 Å². The Morgan fingerprint density at radius 2 is 1.52 bits per heavy atom. The van der Waals surface area contributed by atoms with E-state index in [1.54, 1.807) is 12.1 Å². The van der Waals surface area contributed by atoms with Crippen molar-refractivity contribution in [3.05, 3.63) is 90.0 Å². The van der Waals surface area contributed by atoms with Gasteiger partial charge in [-0.1, -0.05) is 60.2 Å². The summed E-state index contributed by atoms with van der Waals surface area (Å²) in [6.07, 6.45) is 0. The van der Waals surface area contributed by atoms with Crippen LogP contribution in [-0.4, -0.2) is 26.9 Å². The fourth-order valence-corrected chi connectivity index (χ4v) is 5.73. The highest BCUT2D eigenvalue weighted by molar-refractivity contribution is 7.92. The third kappa shape index (κ3) is 3.85. The lowest BCUT2D eigenvalue weighted by molar-refractivity contribution is 0.571. The van der Waals surface area contributed by atoms with Crippen molar-refractivity contribution in [1.29, 1.82) is 0 Å². The molecule has 1 atom stereocenters. The van der Waals surface area contributed by atoms with Crippen molar-refractivity contribution in [2.45, 2.75) is 24.4 Å². The molecule has 0 N–H and O–H groups in total. The monoisotopic (exact) mass is 426 g/mol. The minimum absolute atomic E-state index is 0.213. The number of benzene rings is 3. The number of hydrogen-bond acceptors (Lipinski definition) is 3. The van der Waals surface area contributed by atoms with Crippen molar-refractivity contribution in [3.63, 3.8) is 0 Å². The largest absolute Gasteiger partial charge is 0.363 e. The number of sulfonamides is 1. The highest BCUT2D eigenvalue weighted by Crippen LogP contribution is 2.39. The van der Waals surface area contributed by atoms with E-state index < -0.39 is 10.0 Å². The Labute approximate surface area is 177 Å². The van der Waals surface area contributed by atoms with E-state index >= 15 is 0 Å². The number of aryl methyl sites for hydroxylation is 1. The zero-order valence-electron chi connectivity index (χ0n) is 16.2. The second-order valence-electron chi connectivity index (χ2n) is 7.28. The van der Waals surface area contributed by atoms with Crippen LogP contribution >= 0.6 is 11.6 Å². The maximum atomic E-state index is 13.5. The van der Waals surface area contributed by atoms with Gasteiger partial charge in [-0.2, -0.15) is 0 Å². The number of halogens is 1. The smallest absolute Gasteiger partial charge is 0.264 e. The van der Waals surface area contributed by atoms with Crippen molar-refractivity contribution >= 4 is 33.0 Å². The van der Waals surface area contributed by atoms with E-state index in [-0.39, 0.29) is 16.8 Å². The molecule has 0 amide bonds. The third-order valence-electron chi connectivity index (χ3n) is 5.19. The molecule has 3 aromatic rings. The van der Waals surface area contributed by atoms with Crippen LogP contribution in [0.25, 0.3) is 0 Å². The van der Waals surface area contributed by atoms with Crippen LogP contribution in [0.5, 0.6) is 0 Å². The van der Waals surface area contributed by atoms with Crippen molar-refractivity contribution < 1.29 is 8.42 Å². The second kappa shape index (κ2) is 8.09. The van der Waals surface area contributed by atoms with Crippen LogP contribution in [0.15, 0.2) is 83.8 Å². The highest BCUT2D eigenvalue weighted by Gasteiger charge is 2.38. The Morgan fingerprint density at radius 3 is 2.17 bits per heavy atom. The standard InChI is InChI=1S/C23H23ClN2O2S/c1-18-11-13-21(14-12-18)29(27,28)26-20(15-24)17-25(16-19-7-3-2-4-8-19)22-9-5-6-10-23(22)26/h2-14,20H,15-17H2,1H3. The predicted octanol–water partition coefficient (Wildman–Crippen LogP) is 4.82. The number of fused-ring (bicyclic) bond motifs is 1. The van der Waals surface area contributed by atoms with Crippen molar-refractivity contribution in [3.8, 4) is 0 Å². The summed E-state index contributed by atoms with van der Waals surface area (Å²) in [7, 11) is -3.73. The lowest BCUT2D eigenvalue weighted by Gasteiger charge is -2.43. The van der Waals surface area contributed by atoms with Gasteiger partial charge >= 0.3 is 0 Å². The number of anilines is 2. The molecule has 0 fully saturated rings. The van der Waals surface area contributed by atoms with Gasteiger partial charge in [0, 0.05) is 19.0 Å². The first-order valence-corrected chi connectivity index (χ1v) is 11.5. The van der Waals surface area contributed by atoms with Gasteiger partial charge < -0.3 is 4.90 Å². The van der Waals surface area contributed by atoms with Crippen LogP contribution in [0.1, 0.15) is 11.1 Å². The predicted molar refractivity (Wildman–Crippen MR) is 119 cm³/mol. The van der Waals surface area contributed by atoms with Gasteiger partial charge in [0.25, 0.3) is 10.0 Å². The molecule has 1 aliphatic rings. The van der Waals surface area contributed by atoms with Crippen LogP contribution in [0.2, 0.25) is 0 Å². The molecular weight excluding hydrogens is 404 g/mol. The van der Waals surface area contributed by atoms with Crippen LogP contribution in [0, 0.1) is 6.92 Å². The topological polar surface area (TPSA) is 40.6 Å². The van der Waals surface area contributed by atoms with Crippen LogP contribution in [-0.2, 0) is 16.6 Å². The first-order chi connectivity index (χ1) is 14.0. The highest BCUT2D eigenvalue weighted by atomic mass is 35.5. The average molecular weight is 427 g/mol. The van der Waals surface area contributed by atoms with Gasteiger partial charge in [-0.05, 0) is 36.8 Å². The molecule has 0 bridgehead atoms.